The fourth-order valence-corrected chi connectivity index (χ4v) is 2.16. The van der Waals surface area contributed by atoms with E-state index in [-0.39, 0.29) is 11.8 Å². The Bertz CT molecular complexity index is 703. The first-order valence-corrected chi connectivity index (χ1v) is 8.86. The van der Waals surface area contributed by atoms with E-state index in [1.165, 1.54) is 0 Å². The van der Waals surface area contributed by atoms with Crippen molar-refractivity contribution in [2.45, 2.75) is 24.6 Å². The van der Waals surface area contributed by atoms with Crippen molar-refractivity contribution in [1.29, 1.82) is 0 Å². The minimum absolute atomic E-state index is 0.0172. The lowest BCUT2D eigenvalue weighted by Crippen LogP contribution is -2.27. The van der Waals surface area contributed by atoms with Crippen molar-refractivity contribution in [3.05, 3.63) is 65.7 Å². The molecule has 0 saturated carbocycles. The molecule has 0 atom stereocenters. The zero-order chi connectivity index (χ0) is 18.3. The van der Waals surface area contributed by atoms with Gasteiger partial charge < -0.3 is 9.47 Å². The maximum Gasteiger partial charge on any atom is 0.322 e. The Hall–Kier alpha value is -2.14. The standard InChI is InChI=1S/C20H21BrO4/c1-20(2,21)19(23)25-14-6-13-24-17-11-9-16(10-12-17)18(22)15-7-4-3-5-8-15/h3-5,7-12H,6,13-14H2,1-2H3. The normalized spacial score (nSPS) is 11.0. The zero-order valence-electron chi connectivity index (χ0n) is 14.3. The van der Waals surface area contributed by atoms with Crippen LogP contribution >= 0.6 is 15.9 Å². The first kappa shape index (κ1) is 19.2. The predicted octanol–water partition coefficient (Wildman–Crippen LogP) is 4.40. The average molecular weight is 405 g/mol. The number of rotatable bonds is 8. The van der Waals surface area contributed by atoms with Crippen LogP contribution in [0.25, 0.3) is 0 Å². The summed E-state index contributed by atoms with van der Waals surface area (Å²) in [6, 6.07) is 16.2. The zero-order valence-corrected chi connectivity index (χ0v) is 15.9. The van der Waals surface area contributed by atoms with Gasteiger partial charge in [0.05, 0.1) is 13.2 Å². The van der Waals surface area contributed by atoms with Crippen LogP contribution in [0, 0.1) is 0 Å². The summed E-state index contributed by atoms with van der Waals surface area (Å²) in [5.74, 6) is 0.365. The topological polar surface area (TPSA) is 52.6 Å². The van der Waals surface area contributed by atoms with Crippen molar-refractivity contribution in [3.8, 4) is 5.75 Å². The maximum atomic E-state index is 12.3. The molecule has 0 radical (unpaired) electrons. The fourth-order valence-electron chi connectivity index (χ4n) is 2.04. The van der Waals surface area contributed by atoms with E-state index in [0.29, 0.717) is 36.5 Å². The number of benzene rings is 2. The van der Waals surface area contributed by atoms with Crippen molar-refractivity contribution >= 4 is 27.7 Å². The number of alkyl halides is 1. The summed E-state index contributed by atoms with van der Waals surface area (Å²) in [7, 11) is 0. The Morgan fingerprint density at radius 2 is 1.52 bits per heavy atom. The van der Waals surface area contributed by atoms with Crippen molar-refractivity contribution in [2.75, 3.05) is 13.2 Å². The van der Waals surface area contributed by atoms with E-state index in [0.717, 1.165) is 0 Å². The quantitative estimate of drug-likeness (QED) is 0.283. The predicted molar refractivity (Wildman–Crippen MR) is 100 cm³/mol. The van der Waals surface area contributed by atoms with Crippen LogP contribution < -0.4 is 4.74 Å². The van der Waals surface area contributed by atoms with E-state index in [2.05, 4.69) is 15.9 Å². The van der Waals surface area contributed by atoms with Crippen LogP contribution in [0.4, 0.5) is 0 Å². The Kier molecular flexibility index (Phi) is 6.76. The van der Waals surface area contributed by atoms with E-state index >= 15 is 0 Å². The number of esters is 1. The third-order valence-corrected chi connectivity index (χ3v) is 3.75. The molecule has 0 saturated heterocycles. The highest BCUT2D eigenvalue weighted by Gasteiger charge is 2.25. The summed E-state index contributed by atoms with van der Waals surface area (Å²) >= 11 is 3.25. The van der Waals surface area contributed by atoms with Gasteiger partial charge in [0.25, 0.3) is 0 Å². The van der Waals surface area contributed by atoms with Crippen LogP contribution in [0.1, 0.15) is 36.2 Å². The van der Waals surface area contributed by atoms with Crippen molar-refractivity contribution in [1.82, 2.24) is 0 Å². The van der Waals surface area contributed by atoms with Crippen molar-refractivity contribution in [2.24, 2.45) is 0 Å². The fraction of sp³-hybridized carbons (Fsp3) is 0.300. The smallest absolute Gasteiger partial charge is 0.322 e. The molecule has 0 heterocycles. The van der Waals surface area contributed by atoms with Crippen LogP contribution in [0.2, 0.25) is 0 Å². The largest absolute Gasteiger partial charge is 0.493 e. The lowest BCUT2D eigenvalue weighted by Gasteiger charge is -2.14. The Morgan fingerprint density at radius 1 is 0.920 bits per heavy atom. The van der Waals surface area contributed by atoms with Crippen molar-refractivity contribution < 1.29 is 19.1 Å². The summed E-state index contributed by atoms with van der Waals surface area (Å²) in [5, 5.41) is 0. The van der Waals surface area contributed by atoms with E-state index in [9.17, 15) is 9.59 Å². The van der Waals surface area contributed by atoms with Gasteiger partial charge in [-0.05, 0) is 38.1 Å². The number of carbonyl (C=O) groups excluding carboxylic acids is 2. The van der Waals surface area contributed by atoms with Crippen LogP contribution in [-0.2, 0) is 9.53 Å². The molecule has 0 bridgehead atoms. The number of hydrogen-bond donors (Lipinski definition) is 0. The molecule has 4 nitrogen and oxygen atoms in total. The van der Waals surface area contributed by atoms with Gasteiger partial charge in [0, 0.05) is 17.5 Å². The third kappa shape index (κ3) is 6.02. The third-order valence-electron chi connectivity index (χ3n) is 3.43. The molecule has 0 unspecified atom stereocenters. The van der Waals surface area contributed by atoms with Crippen LogP contribution in [0.3, 0.4) is 0 Å². The van der Waals surface area contributed by atoms with Gasteiger partial charge in [-0.3, -0.25) is 9.59 Å². The molecule has 0 aliphatic rings. The van der Waals surface area contributed by atoms with Gasteiger partial charge in [0.1, 0.15) is 10.1 Å². The number of ether oxygens (including phenoxy) is 2. The summed E-state index contributed by atoms with van der Waals surface area (Å²) in [4.78, 5) is 23.9. The molecular weight excluding hydrogens is 384 g/mol. The minimum Gasteiger partial charge on any atom is -0.493 e. The van der Waals surface area contributed by atoms with Gasteiger partial charge in [0.2, 0.25) is 0 Å². The SMILES string of the molecule is CC(C)(Br)C(=O)OCCCOc1ccc(C(=O)c2ccccc2)cc1. The first-order chi connectivity index (χ1) is 11.9. The Labute approximate surface area is 156 Å². The Balaban J connectivity index is 1.77. The first-order valence-electron chi connectivity index (χ1n) is 8.06. The van der Waals surface area contributed by atoms with Gasteiger partial charge in [-0.15, -0.1) is 0 Å². The second kappa shape index (κ2) is 8.81. The van der Waals surface area contributed by atoms with Gasteiger partial charge >= 0.3 is 5.97 Å². The maximum absolute atomic E-state index is 12.3. The number of hydrogen-bond acceptors (Lipinski definition) is 4. The molecule has 5 heteroatoms. The van der Waals surface area contributed by atoms with Crippen molar-refractivity contribution in [3.63, 3.8) is 0 Å². The second-order valence-electron chi connectivity index (χ2n) is 6.03. The van der Waals surface area contributed by atoms with E-state index < -0.39 is 4.32 Å². The molecule has 2 aromatic carbocycles. The summed E-state index contributed by atoms with van der Waals surface area (Å²) < 4.78 is 10.1. The molecule has 2 rings (SSSR count). The molecule has 0 amide bonds. The molecule has 0 aromatic heterocycles. The molecule has 132 valence electrons. The average Bonchev–Trinajstić information content (AvgIpc) is 2.61. The van der Waals surface area contributed by atoms with Gasteiger partial charge in [-0.1, -0.05) is 46.3 Å². The molecule has 0 spiro atoms. The molecule has 0 aliphatic carbocycles. The minimum atomic E-state index is -0.672. The number of halogens is 1. The Morgan fingerprint density at radius 3 is 2.12 bits per heavy atom. The molecular formula is C20H21BrO4. The van der Waals surface area contributed by atoms with Gasteiger partial charge in [-0.2, -0.15) is 0 Å². The summed E-state index contributed by atoms with van der Waals surface area (Å²) in [6.07, 6.45) is 0.597. The van der Waals surface area contributed by atoms with Gasteiger partial charge in [-0.25, -0.2) is 0 Å². The highest BCUT2D eigenvalue weighted by atomic mass is 79.9. The molecule has 25 heavy (non-hydrogen) atoms. The lowest BCUT2D eigenvalue weighted by molar-refractivity contribution is -0.145. The van der Waals surface area contributed by atoms with Crippen LogP contribution in [-0.4, -0.2) is 29.3 Å². The molecule has 0 N–H and O–H groups in total. The highest BCUT2D eigenvalue weighted by molar-refractivity contribution is 9.10. The molecule has 0 fully saturated rings. The van der Waals surface area contributed by atoms with E-state index in [1.807, 2.05) is 18.2 Å². The van der Waals surface area contributed by atoms with E-state index in [4.69, 9.17) is 9.47 Å². The summed E-state index contributed by atoms with van der Waals surface area (Å²) in [6.45, 7) is 4.22. The summed E-state index contributed by atoms with van der Waals surface area (Å²) in [5.41, 5.74) is 1.28. The number of ketones is 1. The molecule has 2 aromatic rings. The monoisotopic (exact) mass is 404 g/mol. The van der Waals surface area contributed by atoms with Crippen LogP contribution in [0.15, 0.2) is 54.6 Å². The highest BCUT2D eigenvalue weighted by Crippen LogP contribution is 2.18. The van der Waals surface area contributed by atoms with Crippen LogP contribution in [0.5, 0.6) is 5.75 Å². The second-order valence-corrected chi connectivity index (χ2v) is 8.01. The van der Waals surface area contributed by atoms with E-state index in [1.54, 1.807) is 50.2 Å². The molecule has 0 aliphatic heterocycles. The number of carbonyl (C=O) groups is 2. The lowest BCUT2D eigenvalue weighted by atomic mass is 10.0. The van der Waals surface area contributed by atoms with Gasteiger partial charge in [0.15, 0.2) is 5.78 Å².